The molecular weight excluding hydrogens is 442 g/mol. The highest BCUT2D eigenvalue weighted by Gasteiger charge is 2.34. The van der Waals surface area contributed by atoms with Gasteiger partial charge >= 0.3 is 0 Å². The van der Waals surface area contributed by atoms with E-state index in [1.54, 1.807) is 17.9 Å². The number of carbonyl (C=O) groups excluding carboxylic acids is 1. The van der Waals surface area contributed by atoms with Crippen LogP contribution in [-0.2, 0) is 4.79 Å². The van der Waals surface area contributed by atoms with Crippen molar-refractivity contribution in [3.05, 3.63) is 63.5 Å². The molecule has 0 saturated heterocycles. The third-order valence-corrected chi connectivity index (χ3v) is 6.33. The summed E-state index contributed by atoms with van der Waals surface area (Å²) in [5, 5.41) is 13.8. The minimum Gasteiger partial charge on any atom is -0.360 e. The van der Waals surface area contributed by atoms with E-state index < -0.39 is 6.04 Å². The quantitative estimate of drug-likeness (QED) is 0.554. The number of allylic oxidation sites excluding steroid dienone is 1. The van der Waals surface area contributed by atoms with E-state index in [0.717, 1.165) is 16.3 Å². The Kier molecular flexibility index (Phi) is 5.59. The molecule has 4 rings (SSSR count). The first-order valence-electron chi connectivity index (χ1n) is 9.04. The average Bonchev–Trinajstić information content (AvgIpc) is 3.35. The summed E-state index contributed by atoms with van der Waals surface area (Å²) in [5.74, 6) is 0.668. The molecule has 0 bridgehead atoms. The Morgan fingerprint density at radius 2 is 2.07 bits per heavy atom. The fourth-order valence-corrected chi connectivity index (χ4v) is 4.34. The minimum atomic E-state index is -0.487. The van der Waals surface area contributed by atoms with Crippen molar-refractivity contribution in [1.82, 2.24) is 20.4 Å². The first kappa shape index (κ1) is 20.5. The molecule has 1 amide bonds. The molecule has 1 aliphatic heterocycles. The lowest BCUT2D eigenvalue weighted by Gasteiger charge is -2.34. The zero-order valence-corrected chi connectivity index (χ0v) is 18.8. The SMILES string of the molecule is CC1=C(C(=O)Nc2cc(C)on2)[C@H](c2csc(-c3ccc(Cl)cc3)n2)NC(=S)N1C. The largest absolute Gasteiger partial charge is 0.360 e. The van der Waals surface area contributed by atoms with Crippen LogP contribution in [0.25, 0.3) is 10.6 Å². The standard InChI is InChI=1S/C20H18ClN5O2S2/c1-10-8-15(25-28-10)23-18(27)16-11(2)26(3)20(29)24-17(16)14-9-30-19(22-14)12-4-6-13(21)7-5-12/h4-9,17H,1-3H3,(H,24,29)(H,23,25,27)/t17-/m0/s1. The highest BCUT2D eigenvalue weighted by Crippen LogP contribution is 2.34. The lowest BCUT2D eigenvalue weighted by molar-refractivity contribution is -0.113. The van der Waals surface area contributed by atoms with Gasteiger partial charge in [-0.2, -0.15) is 0 Å². The number of thiocarbonyl (C=S) groups is 1. The molecule has 0 unspecified atom stereocenters. The Labute approximate surface area is 187 Å². The number of benzene rings is 1. The second-order valence-electron chi connectivity index (χ2n) is 6.80. The van der Waals surface area contributed by atoms with Crippen molar-refractivity contribution in [2.24, 2.45) is 0 Å². The van der Waals surface area contributed by atoms with E-state index in [1.807, 2.05) is 43.6 Å². The Bertz CT molecular complexity index is 1150. The third kappa shape index (κ3) is 3.96. The van der Waals surface area contributed by atoms with Gasteiger partial charge in [-0.1, -0.05) is 28.9 Å². The van der Waals surface area contributed by atoms with Crippen LogP contribution in [0, 0.1) is 6.92 Å². The highest BCUT2D eigenvalue weighted by molar-refractivity contribution is 7.80. The van der Waals surface area contributed by atoms with Crippen LogP contribution in [0.15, 0.2) is 51.5 Å². The van der Waals surface area contributed by atoms with Gasteiger partial charge in [0.05, 0.1) is 11.3 Å². The second kappa shape index (κ2) is 8.17. The number of hydrogen-bond acceptors (Lipinski definition) is 6. The molecular formula is C20H18ClN5O2S2. The van der Waals surface area contributed by atoms with E-state index in [-0.39, 0.29) is 5.91 Å². The van der Waals surface area contributed by atoms with Gasteiger partial charge in [0.1, 0.15) is 16.8 Å². The molecule has 154 valence electrons. The van der Waals surface area contributed by atoms with Gasteiger partial charge in [0.25, 0.3) is 5.91 Å². The Morgan fingerprint density at radius 3 is 2.73 bits per heavy atom. The van der Waals surface area contributed by atoms with Crippen molar-refractivity contribution in [1.29, 1.82) is 0 Å². The van der Waals surface area contributed by atoms with Crippen molar-refractivity contribution in [2.45, 2.75) is 19.9 Å². The number of aryl methyl sites for hydroxylation is 1. The lowest BCUT2D eigenvalue weighted by Crippen LogP contribution is -2.46. The molecule has 0 fully saturated rings. The summed E-state index contributed by atoms with van der Waals surface area (Å²) in [5.41, 5.74) is 2.92. The molecule has 0 radical (unpaired) electrons. The molecule has 10 heteroatoms. The van der Waals surface area contributed by atoms with Crippen molar-refractivity contribution in [3.63, 3.8) is 0 Å². The van der Waals surface area contributed by atoms with Crippen molar-refractivity contribution < 1.29 is 9.32 Å². The molecule has 2 aromatic heterocycles. The van der Waals surface area contributed by atoms with Gasteiger partial charge in [0, 0.05) is 34.8 Å². The van der Waals surface area contributed by atoms with E-state index in [9.17, 15) is 4.79 Å². The summed E-state index contributed by atoms with van der Waals surface area (Å²) < 4.78 is 5.04. The fraction of sp³-hybridized carbons (Fsp3) is 0.200. The summed E-state index contributed by atoms with van der Waals surface area (Å²) in [6.07, 6.45) is 0. The maximum atomic E-state index is 13.1. The molecule has 3 aromatic rings. The minimum absolute atomic E-state index is 0.298. The Morgan fingerprint density at radius 1 is 1.33 bits per heavy atom. The summed E-state index contributed by atoms with van der Waals surface area (Å²) in [4.78, 5) is 19.7. The number of halogens is 1. The molecule has 0 spiro atoms. The second-order valence-corrected chi connectivity index (χ2v) is 8.48. The van der Waals surface area contributed by atoms with Crippen LogP contribution in [0.3, 0.4) is 0 Å². The van der Waals surface area contributed by atoms with Crippen LogP contribution in [0.5, 0.6) is 0 Å². The Hall–Kier alpha value is -2.75. The molecule has 1 aliphatic rings. The molecule has 1 atom stereocenters. The lowest BCUT2D eigenvalue weighted by atomic mass is 9.99. The predicted octanol–water partition coefficient (Wildman–Crippen LogP) is 4.53. The Balaban J connectivity index is 1.69. The van der Waals surface area contributed by atoms with Crippen molar-refractivity contribution >= 4 is 52.0 Å². The predicted molar refractivity (Wildman–Crippen MR) is 121 cm³/mol. The molecule has 30 heavy (non-hydrogen) atoms. The molecule has 0 saturated carbocycles. The number of nitrogens with one attached hydrogen (secondary N) is 2. The number of nitrogens with zero attached hydrogens (tertiary/aromatic N) is 3. The van der Waals surface area contributed by atoms with Gasteiger partial charge in [-0.25, -0.2) is 4.98 Å². The summed E-state index contributed by atoms with van der Waals surface area (Å²) in [7, 11) is 1.81. The average molecular weight is 460 g/mol. The molecule has 2 N–H and O–H groups in total. The van der Waals surface area contributed by atoms with E-state index >= 15 is 0 Å². The molecule has 0 aliphatic carbocycles. The van der Waals surface area contributed by atoms with Gasteiger partial charge in [0.2, 0.25) is 0 Å². The van der Waals surface area contributed by atoms with Crippen LogP contribution in [-0.4, -0.2) is 33.1 Å². The van der Waals surface area contributed by atoms with Crippen molar-refractivity contribution in [3.8, 4) is 10.6 Å². The number of aromatic nitrogens is 2. The highest BCUT2D eigenvalue weighted by atomic mass is 35.5. The zero-order valence-electron chi connectivity index (χ0n) is 16.4. The number of amides is 1. The topological polar surface area (TPSA) is 83.3 Å². The van der Waals surface area contributed by atoms with E-state index in [2.05, 4.69) is 15.8 Å². The molecule has 7 nitrogen and oxygen atoms in total. The van der Waals surface area contributed by atoms with Crippen LogP contribution < -0.4 is 10.6 Å². The van der Waals surface area contributed by atoms with Crippen LogP contribution >= 0.6 is 35.2 Å². The maximum absolute atomic E-state index is 13.1. The number of carbonyl (C=O) groups is 1. The van der Waals surface area contributed by atoms with Crippen LogP contribution in [0.4, 0.5) is 5.82 Å². The summed E-state index contributed by atoms with van der Waals surface area (Å²) >= 11 is 12.9. The number of hydrogen-bond donors (Lipinski definition) is 2. The smallest absolute Gasteiger partial charge is 0.257 e. The third-order valence-electron chi connectivity index (χ3n) is 4.78. The summed E-state index contributed by atoms with van der Waals surface area (Å²) in [6.45, 7) is 3.62. The first-order valence-corrected chi connectivity index (χ1v) is 10.7. The van der Waals surface area contributed by atoms with Crippen LogP contribution in [0.2, 0.25) is 5.02 Å². The van der Waals surface area contributed by atoms with Crippen molar-refractivity contribution in [2.75, 3.05) is 12.4 Å². The zero-order chi connectivity index (χ0) is 21.4. The normalized spacial score (nSPS) is 16.6. The maximum Gasteiger partial charge on any atom is 0.257 e. The van der Waals surface area contributed by atoms with E-state index in [4.69, 9.17) is 33.3 Å². The van der Waals surface area contributed by atoms with E-state index in [0.29, 0.717) is 33.0 Å². The van der Waals surface area contributed by atoms with Gasteiger partial charge in [0.15, 0.2) is 10.9 Å². The molecule has 1 aromatic carbocycles. The monoisotopic (exact) mass is 459 g/mol. The van der Waals surface area contributed by atoms with Gasteiger partial charge in [-0.15, -0.1) is 11.3 Å². The van der Waals surface area contributed by atoms with E-state index in [1.165, 1.54) is 11.3 Å². The summed E-state index contributed by atoms with van der Waals surface area (Å²) in [6, 6.07) is 8.65. The van der Waals surface area contributed by atoms with Gasteiger partial charge < -0.3 is 20.1 Å². The number of thiazole rings is 1. The number of rotatable bonds is 4. The molecule has 3 heterocycles. The number of anilines is 1. The van der Waals surface area contributed by atoms with Gasteiger partial charge in [-0.3, -0.25) is 4.79 Å². The first-order chi connectivity index (χ1) is 14.3. The van der Waals surface area contributed by atoms with Crippen LogP contribution in [0.1, 0.15) is 24.4 Å². The fourth-order valence-electron chi connectivity index (χ4n) is 3.10. The van der Waals surface area contributed by atoms with Gasteiger partial charge in [-0.05, 0) is 38.2 Å².